The summed E-state index contributed by atoms with van der Waals surface area (Å²) in [6.45, 7) is 1.85. The van der Waals surface area contributed by atoms with Crippen molar-refractivity contribution >= 4 is 32.3 Å². The van der Waals surface area contributed by atoms with Gasteiger partial charge in [-0.2, -0.15) is 0 Å². The molecule has 1 N–H and O–H groups in total. The van der Waals surface area contributed by atoms with Gasteiger partial charge in [-0.25, -0.2) is 9.36 Å². The summed E-state index contributed by atoms with van der Waals surface area (Å²) >= 11 is 0. The molecule has 1 heterocycles. The highest BCUT2D eigenvalue weighted by atomic mass is 32.2. The average Bonchev–Trinajstić information content (AvgIpc) is 2.89. The zero-order valence-electron chi connectivity index (χ0n) is 14.2. The molecule has 3 rings (SSSR count). The van der Waals surface area contributed by atoms with Gasteiger partial charge in [-0.05, 0) is 37.3 Å². The molecule has 0 radical (unpaired) electrons. The van der Waals surface area contributed by atoms with E-state index in [-0.39, 0.29) is 10.2 Å². The SMILES string of the molecule is CCOc1ccc(NC(=O)Cn2c(=O)[s+](C(F)(F)F)c3ccccc32)cc1. The van der Waals surface area contributed by atoms with Crippen LogP contribution >= 0.6 is 10.5 Å². The lowest BCUT2D eigenvalue weighted by atomic mass is 10.3. The number of carbonyl (C=O) groups excluding carboxylic acids is 1. The highest BCUT2D eigenvalue weighted by molar-refractivity contribution is 7.36. The minimum Gasteiger partial charge on any atom is -0.494 e. The van der Waals surface area contributed by atoms with Gasteiger partial charge in [-0.3, -0.25) is 4.79 Å². The van der Waals surface area contributed by atoms with E-state index >= 15 is 0 Å². The van der Waals surface area contributed by atoms with Crippen LogP contribution in [0.3, 0.4) is 0 Å². The van der Waals surface area contributed by atoms with E-state index in [0.29, 0.717) is 18.0 Å². The number of aromatic nitrogens is 1. The molecule has 1 unspecified atom stereocenters. The highest BCUT2D eigenvalue weighted by Gasteiger charge is 2.50. The first kappa shape index (κ1) is 19.0. The van der Waals surface area contributed by atoms with Crippen LogP contribution in [0, 0.1) is 0 Å². The van der Waals surface area contributed by atoms with E-state index in [2.05, 4.69) is 5.32 Å². The maximum Gasteiger partial charge on any atom is 0.605 e. The predicted octanol–water partition coefficient (Wildman–Crippen LogP) is 4.26. The molecule has 0 aliphatic heterocycles. The van der Waals surface area contributed by atoms with Crippen LogP contribution in [0.2, 0.25) is 0 Å². The average molecular weight is 397 g/mol. The Bertz CT molecular complexity index is 1020. The van der Waals surface area contributed by atoms with Gasteiger partial charge in [0.25, 0.3) is 0 Å². The molecular weight excluding hydrogens is 381 g/mol. The Balaban J connectivity index is 1.87. The topological polar surface area (TPSA) is 60.3 Å². The summed E-state index contributed by atoms with van der Waals surface area (Å²) in [4.78, 5) is 23.5. The van der Waals surface area contributed by atoms with Gasteiger partial charge in [0.15, 0.2) is 10.5 Å². The van der Waals surface area contributed by atoms with Crippen molar-refractivity contribution in [1.82, 2.24) is 4.57 Å². The Morgan fingerprint density at radius 2 is 1.81 bits per heavy atom. The van der Waals surface area contributed by atoms with Gasteiger partial charge in [-0.15, -0.1) is 13.2 Å². The van der Waals surface area contributed by atoms with E-state index in [1.54, 1.807) is 24.3 Å². The Morgan fingerprint density at radius 1 is 1.15 bits per heavy atom. The van der Waals surface area contributed by atoms with Crippen molar-refractivity contribution in [3.05, 3.63) is 58.2 Å². The van der Waals surface area contributed by atoms with Gasteiger partial charge in [0.1, 0.15) is 17.8 Å². The summed E-state index contributed by atoms with van der Waals surface area (Å²) in [5.74, 6) is 0.0447. The molecule has 142 valence electrons. The summed E-state index contributed by atoms with van der Waals surface area (Å²) in [6.07, 6.45) is 0. The first-order valence-electron chi connectivity index (χ1n) is 8.05. The molecule has 0 saturated heterocycles. The van der Waals surface area contributed by atoms with Crippen LogP contribution in [-0.4, -0.2) is 17.1 Å². The number of anilines is 1. The van der Waals surface area contributed by atoms with E-state index in [4.69, 9.17) is 4.74 Å². The van der Waals surface area contributed by atoms with Crippen LogP contribution < -0.4 is 14.9 Å². The molecule has 27 heavy (non-hydrogen) atoms. The van der Waals surface area contributed by atoms with Crippen LogP contribution in [0.15, 0.2) is 53.3 Å². The lowest BCUT2D eigenvalue weighted by Crippen LogP contribution is -2.25. The number of fused-ring (bicyclic) bond motifs is 1. The third-order valence-corrected chi connectivity index (χ3v) is 5.57. The maximum absolute atomic E-state index is 13.3. The van der Waals surface area contributed by atoms with Gasteiger partial charge in [-0.1, -0.05) is 12.1 Å². The molecular formula is C18H16F3N2O3S+. The third-order valence-electron chi connectivity index (χ3n) is 3.75. The molecule has 0 bridgehead atoms. The van der Waals surface area contributed by atoms with Crippen LogP contribution in [0.4, 0.5) is 18.9 Å². The molecule has 1 amide bonds. The zero-order valence-corrected chi connectivity index (χ0v) is 15.1. The fourth-order valence-corrected chi connectivity index (χ4v) is 4.29. The Labute approximate surface area is 155 Å². The minimum atomic E-state index is -4.69. The summed E-state index contributed by atoms with van der Waals surface area (Å²) in [5.41, 5.74) is -4.11. The van der Waals surface area contributed by atoms with Crippen molar-refractivity contribution in [2.75, 3.05) is 11.9 Å². The molecule has 0 spiro atoms. The standard InChI is InChI=1S/C18H15F3N2O3S/c1-2-26-13-9-7-12(8-10-13)22-16(24)11-23-14-5-3-4-6-15(14)27(17(23)25)18(19,20)21/h3-10H,2,11H2,1H3/p+1. The molecule has 5 nitrogen and oxygen atoms in total. The number of hydrogen-bond donors (Lipinski definition) is 1. The summed E-state index contributed by atoms with van der Waals surface area (Å²) in [7, 11) is -2.57. The largest absolute Gasteiger partial charge is 0.605 e. The number of para-hydroxylation sites is 1. The quantitative estimate of drug-likeness (QED) is 0.655. The van der Waals surface area contributed by atoms with E-state index in [9.17, 15) is 22.8 Å². The van der Waals surface area contributed by atoms with Crippen molar-refractivity contribution in [2.24, 2.45) is 0 Å². The van der Waals surface area contributed by atoms with Crippen LogP contribution in [-0.2, 0) is 16.8 Å². The number of alkyl halides is 3. The van der Waals surface area contributed by atoms with Crippen LogP contribution in [0.25, 0.3) is 10.2 Å². The molecule has 0 aliphatic carbocycles. The second kappa shape index (κ2) is 7.43. The van der Waals surface area contributed by atoms with Gasteiger partial charge < -0.3 is 10.1 Å². The number of amides is 1. The number of rotatable bonds is 5. The number of carbonyl (C=O) groups is 1. The highest BCUT2D eigenvalue weighted by Crippen LogP contribution is 2.43. The lowest BCUT2D eigenvalue weighted by Gasteiger charge is -2.07. The first-order valence-corrected chi connectivity index (χ1v) is 9.28. The molecule has 9 heteroatoms. The maximum atomic E-state index is 13.3. The summed E-state index contributed by atoms with van der Waals surface area (Å²) in [6, 6.07) is 12.2. The van der Waals surface area contributed by atoms with Crippen molar-refractivity contribution in [2.45, 2.75) is 19.0 Å². The minimum absolute atomic E-state index is 0.108. The van der Waals surface area contributed by atoms with Gasteiger partial charge in [0.2, 0.25) is 10.6 Å². The first-order chi connectivity index (χ1) is 12.8. The molecule has 1 aromatic heterocycles. The van der Waals surface area contributed by atoms with E-state index in [1.165, 1.54) is 24.3 Å². The van der Waals surface area contributed by atoms with E-state index in [1.807, 2.05) is 6.92 Å². The van der Waals surface area contributed by atoms with Crippen molar-refractivity contribution in [3.8, 4) is 5.75 Å². The third kappa shape index (κ3) is 3.97. The fourth-order valence-electron chi connectivity index (χ4n) is 2.67. The second-order valence-corrected chi connectivity index (χ2v) is 7.44. The number of nitrogens with zero attached hydrogens (tertiary/aromatic N) is 1. The molecule has 2 aromatic carbocycles. The number of ether oxygens (including phenoxy) is 1. The Hall–Kier alpha value is -2.81. The van der Waals surface area contributed by atoms with Crippen molar-refractivity contribution in [1.29, 1.82) is 0 Å². The van der Waals surface area contributed by atoms with Crippen LogP contribution in [0.1, 0.15) is 6.92 Å². The number of benzene rings is 2. The predicted molar refractivity (Wildman–Crippen MR) is 98.2 cm³/mol. The van der Waals surface area contributed by atoms with Gasteiger partial charge in [0.05, 0.1) is 6.61 Å². The molecule has 3 aromatic rings. The van der Waals surface area contributed by atoms with Gasteiger partial charge >= 0.3 is 10.4 Å². The Morgan fingerprint density at radius 3 is 2.44 bits per heavy atom. The lowest BCUT2D eigenvalue weighted by molar-refractivity contribution is -0.116. The Kier molecular flexibility index (Phi) is 5.22. The van der Waals surface area contributed by atoms with Crippen molar-refractivity contribution < 1.29 is 22.7 Å². The van der Waals surface area contributed by atoms with Crippen molar-refractivity contribution in [3.63, 3.8) is 0 Å². The van der Waals surface area contributed by atoms with Gasteiger partial charge in [0, 0.05) is 11.8 Å². The number of halogens is 3. The number of hydrogen-bond acceptors (Lipinski definition) is 3. The molecule has 0 saturated carbocycles. The smallest absolute Gasteiger partial charge is 0.494 e. The van der Waals surface area contributed by atoms with E-state index < -0.39 is 33.3 Å². The van der Waals surface area contributed by atoms with E-state index in [0.717, 1.165) is 4.57 Å². The monoisotopic (exact) mass is 397 g/mol. The fraction of sp³-hybridized carbons (Fsp3) is 0.222. The number of nitrogens with one attached hydrogen (secondary N) is 1. The van der Waals surface area contributed by atoms with Crippen LogP contribution in [0.5, 0.6) is 5.75 Å². The molecule has 0 fully saturated rings. The summed E-state index contributed by atoms with van der Waals surface area (Å²) in [5, 5.41) is 2.58. The normalized spacial score (nSPS) is 12.2. The summed E-state index contributed by atoms with van der Waals surface area (Å²) < 4.78 is 46.0. The molecule has 1 atom stereocenters. The molecule has 0 aliphatic rings. The second-order valence-electron chi connectivity index (χ2n) is 5.58. The zero-order chi connectivity index (χ0) is 19.6. The number of thiazole rings is 1.